The lowest BCUT2D eigenvalue weighted by Gasteiger charge is -2.28. The Hall–Kier alpha value is -3.56. The molecule has 0 aromatic heterocycles. The van der Waals surface area contributed by atoms with Crippen LogP contribution in [0.1, 0.15) is 24.0 Å². The summed E-state index contributed by atoms with van der Waals surface area (Å²) in [6, 6.07) is 15.3. The van der Waals surface area contributed by atoms with E-state index in [2.05, 4.69) is 0 Å². The SMILES string of the molecule is CC(NC(=O)CNC(=O)OCC1c2ccccc2-c2ccccc21)(C(=O)O)C(F)(F)F. The van der Waals surface area contributed by atoms with Crippen molar-refractivity contribution in [1.82, 2.24) is 10.6 Å². The molecule has 7 nitrogen and oxygen atoms in total. The van der Waals surface area contributed by atoms with E-state index in [9.17, 15) is 27.6 Å². The number of rotatable bonds is 6. The third kappa shape index (κ3) is 4.32. The molecule has 2 aromatic rings. The van der Waals surface area contributed by atoms with Gasteiger partial charge in [-0.15, -0.1) is 0 Å². The fourth-order valence-electron chi connectivity index (χ4n) is 3.37. The quantitative estimate of drug-likeness (QED) is 0.646. The number of alkyl halides is 3. The molecule has 0 radical (unpaired) electrons. The molecule has 10 heteroatoms. The summed E-state index contributed by atoms with van der Waals surface area (Å²) >= 11 is 0. The number of hydrogen-bond donors (Lipinski definition) is 3. The van der Waals surface area contributed by atoms with Gasteiger partial charge in [-0.05, 0) is 29.2 Å². The predicted octanol–water partition coefficient (Wildman–Crippen LogP) is 3.05. The van der Waals surface area contributed by atoms with Crippen LogP contribution in [0.25, 0.3) is 11.1 Å². The summed E-state index contributed by atoms with van der Waals surface area (Å²) in [4.78, 5) is 34.7. The molecule has 1 atom stereocenters. The van der Waals surface area contributed by atoms with E-state index in [-0.39, 0.29) is 12.5 Å². The lowest BCUT2D eigenvalue weighted by atomic mass is 9.98. The first kappa shape index (κ1) is 22.1. The van der Waals surface area contributed by atoms with Gasteiger partial charge in [-0.1, -0.05) is 48.5 Å². The first-order valence-electron chi connectivity index (χ1n) is 9.24. The number of halogens is 3. The molecule has 0 saturated heterocycles. The largest absolute Gasteiger partial charge is 0.479 e. The minimum absolute atomic E-state index is 0.0448. The average Bonchev–Trinajstić information content (AvgIpc) is 3.03. The fourth-order valence-corrected chi connectivity index (χ4v) is 3.37. The van der Waals surface area contributed by atoms with Crippen molar-refractivity contribution in [2.45, 2.75) is 24.6 Å². The van der Waals surface area contributed by atoms with Gasteiger partial charge >= 0.3 is 18.2 Å². The number of benzene rings is 2. The Balaban J connectivity index is 1.58. The third-order valence-corrected chi connectivity index (χ3v) is 5.12. The number of nitrogens with one attached hydrogen (secondary N) is 2. The molecule has 0 bridgehead atoms. The van der Waals surface area contributed by atoms with Crippen LogP contribution >= 0.6 is 0 Å². The van der Waals surface area contributed by atoms with E-state index in [0.717, 1.165) is 22.3 Å². The van der Waals surface area contributed by atoms with E-state index < -0.39 is 36.2 Å². The van der Waals surface area contributed by atoms with Crippen LogP contribution in [0.15, 0.2) is 48.5 Å². The lowest BCUT2D eigenvalue weighted by molar-refractivity contribution is -0.206. The van der Waals surface area contributed by atoms with Gasteiger partial charge in [0.25, 0.3) is 0 Å². The number of amides is 2. The van der Waals surface area contributed by atoms with Gasteiger partial charge in [0.05, 0.1) is 0 Å². The van der Waals surface area contributed by atoms with Crippen LogP contribution < -0.4 is 10.6 Å². The molecule has 1 aliphatic rings. The fraction of sp³-hybridized carbons (Fsp3) is 0.286. The second kappa shape index (κ2) is 8.29. The second-order valence-corrected chi connectivity index (χ2v) is 7.16. The van der Waals surface area contributed by atoms with Crippen molar-refractivity contribution in [1.29, 1.82) is 0 Å². The highest BCUT2D eigenvalue weighted by Gasteiger charge is 2.58. The number of ether oxygens (including phenoxy) is 1. The molecule has 0 aliphatic heterocycles. The predicted molar refractivity (Wildman–Crippen MR) is 103 cm³/mol. The topological polar surface area (TPSA) is 105 Å². The molecule has 1 aliphatic carbocycles. The minimum Gasteiger partial charge on any atom is -0.479 e. The molecular weight excluding hydrogens is 417 g/mol. The van der Waals surface area contributed by atoms with Crippen LogP contribution in [0.2, 0.25) is 0 Å². The van der Waals surface area contributed by atoms with Gasteiger partial charge < -0.3 is 20.5 Å². The average molecular weight is 436 g/mol. The Bertz CT molecular complexity index is 979. The van der Waals surface area contributed by atoms with E-state index in [1.807, 2.05) is 53.8 Å². The van der Waals surface area contributed by atoms with Crippen molar-refractivity contribution >= 4 is 18.0 Å². The molecule has 2 amide bonds. The third-order valence-electron chi connectivity index (χ3n) is 5.12. The van der Waals surface area contributed by atoms with Crippen LogP contribution in [-0.4, -0.2) is 47.9 Å². The van der Waals surface area contributed by atoms with E-state index in [1.54, 1.807) is 0 Å². The molecule has 0 spiro atoms. The molecule has 3 rings (SSSR count). The van der Waals surface area contributed by atoms with Crippen molar-refractivity contribution in [3.8, 4) is 11.1 Å². The highest BCUT2D eigenvalue weighted by molar-refractivity contribution is 5.89. The van der Waals surface area contributed by atoms with Crippen molar-refractivity contribution < 1.29 is 37.4 Å². The molecule has 31 heavy (non-hydrogen) atoms. The summed E-state index contributed by atoms with van der Waals surface area (Å²) < 4.78 is 44.0. The summed E-state index contributed by atoms with van der Waals surface area (Å²) in [6.07, 6.45) is -6.24. The van der Waals surface area contributed by atoms with Gasteiger partial charge in [-0.2, -0.15) is 13.2 Å². The number of carbonyl (C=O) groups excluding carboxylic acids is 2. The Labute approximate surface area is 175 Å². The molecular formula is C21H19F3N2O5. The van der Waals surface area contributed by atoms with Gasteiger partial charge in [0, 0.05) is 5.92 Å². The van der Waals surface area contributed by atoms with E-state index in [4.69, 9.17) is 9.84 Å². The molecule has 0 saturated carbocycles. The Kier molecular flexibility index (Phi) is 5.92. The normalized spacial score (nSPS) is 14.7. The number of carboxylic acids is 1. The number of aliphatic carboxylic acids is 1. The lowest BCUT2D eigenvalue weighted by Crippen LogP contribution is -2.63. The number of fused-ring (bicyclic) bond motifs is 3. The van der Waals surface area contributed by atoms with Crippen molar-refractivity contribution in [3.63, 3.8) is 0 Å². The first-order valence-corrected chi connectivity index (χ1v) is 9.24. The maximum Gasteiger partial charge on any atom is 0.422 e. The second-order valence-electron chi connectivity index (χ2n) is 7.16. The van der Waals surface area contributed by atoms with Gasteiger partial charge in [-0.3, -0.25) is 4.79 Å². The zero-order valence-corrected chi connectivity index (χ0v) is 16.3. The standard InChI is InChI=1S/C21H19F3N2O5/c1-20(18(28)29,21(22,23)24)26-17(27)10-25-19(30)31-11-16-14-8-4-2-6-12(14)13-7-3-5-9-15(13)16/h2-9,16H,10-11H2,1H3,(H,25,30)(H,26,27)(H,28,29). The zero-order chi connectivity index (χ0) is 22.8. The molecule has 2 aromatic carbocycles. The molecule has 0 fully saturated rings. The monoisotopic (exact) mass is 436 g/mol. The van der Waals surface area contributed by atoms with Gasteiger partial charge in [0.2, 0.25) is 11.4 Å². The van der Waals surface area contributed by atoms with Gasteiger partial charge in [0.1, 0.15) is 13.2 Å². The summed E-state index contributed by atoms with van der Waals surface area (Å²) in [7, 11) is 0. The van der Waals surface area contributed by atoms with Gasteiger partial charge in [-0.25, -0.2) is 9.59 Å². The molecule has 0 heterocycles. The Morgan fingerprint density at radius 3 is 2.00 bits per heavy atom. The highest BCUT2D eigenvalue weighted by Crippen LogP contribution is 2.44. The number of carboxylic acid groups (broad SMARTS) is 1. The van der Waals surface area contributed by atoms with E-state index >= 15 is 0 Å². The van der Waals surface area contributed by atoms with Crippen molar-refractivity contribution in [2.75, 3.05) is 13.2 Å². The maximum atomic E-state index is 12.9. The van der Waals surface area contributed by atoms with Crippen LogP contribution in [-0.2, 0) is 14.3 Å². The molecule has 3 N–H and O–H groups in total. The summed E-state index contributed by atoms with van der Waals surface area (Å²) in [5.74, 6) is -3.82. The van der Waals surface area contributed by atoms with E-state index in [0.29, 0.717) is 6.92 Å². The Morgan fingerprint density at radius 2 is 1.52 bits per heavy atom. The van der Waals surface area contributed by atoms with E-state index in [1.165, 1.54) is 5.32 Å². The molecule has 1 unspecified atom stereocenters. The van der Waals surface area contributed by atoms with Crippen LogP contribution in [0.5, 0.6) is 0 Å². The molecule has 164 valence electrons. The van der Waals surface area contributed by atoms with Crippen molar-refractivity contribution in [3.05, 3.63) is 59.7 Å². The van der Waals surface area contributed by atoms with Gasteiger partial charge in [0.15, 0.2) is 0 Å². The summed E-state index contributed by atoms with van der Waals surface area (Å²) in [5.41, 5.74) is 0.499. The van der Waals surface area contributed by atoms with Crippen LogP contribution in [0.3, 0.4) is 0 Å². The Morgan fingerprint density at radius 1 is 1.00 bits per heavy atom. The highest BCUT2D eigenvalue weighted by atomic mass is 19.4. The number of alkyl carbamates (subject to hydrolysis) is 1. The summed E-state index contributed by atoms with van der Waals surface area (Å²) in [6.45, 7) is -0.604. The van der Waals surface area contributed by atoms with Crippen molar-refractivity contribution in [2.24, 2.45) is 0 Å². The number of hydrogen-bond acceptors (Lipinski definition) is 4. The number of carbonyl (C=O) groups is 3. The van der Waals surface area contributed by atoms with Crippen LogP contribution in [0, 0.1) is 0 Å². The smallest absolute Gasteiger partial charge is 0.422 e. The van der Waals surface area contributed by atoms with Crippen LogP contribution in [0.4, 0.5) is 18.0 Å². The minimum atomic E-state index is -5.22. The zero-order valence-electron chi connectivity index (χ0n) is 16.3. The first-order chi connectivity index (χ1) is 14.5. The maximum absolute atomic E-state index is 12.9. The summed E-state index contributed by atoms with van der Waals surface area (Å²) in [5, 5.41) is 12.2.